The van der Waals surface area contributed by atoms with E-state index in [2.05, 4.69) is 20.9 Å². The van der Waals surface area contributed by atoms with Crippen molar-refractivity contribution >= 4 is 29.2 Å². The number of nitrogens with zero attached hydrogens (tertiary/aromatic N) is 1. The fraction of sp³-hybridized carbons (Fsp3) is 0.348. The van der Waals surface area contributed by atoms with Gasteiger partial charge in [0.2, 0.25) is 5.91 Å². The van der Waals surface area contributed by atoms with Crippen molar-refractivity contribution in [1.82, 2.24) is 15.5 Å². The van der Waals surface area contributed by atoms with Crippen LogP contribution in [0.4, 0.5) is 29.3 Å². The highest BCUT2D eigenvalue weighted by molar-refractivity contribution is 6.00. The summed E-state index contributed by atoms with van der Waals surface area (Å²) in [4.78, 5) is 37.9. The van der Waals surface area contributed by atoms with Gasteiger partial charge >= 0.3 is 12.2 Å². The lowest BCUT2D eigenvalue weighted by Crippen LogP contribution is -2.43. The Kier molecular flexibility index (Phi) is 8.25. The highest BCUT2D eigenvalue weighted by atomic mass is 19.4. The van der Waals surface area contributed by atoms with Gasteiger partial charge in [0.1, 0.15) is 5.75 Å². The number of carbonyl (C=O) groups is 3. The lowest BCUT2D eigenvalue weighted by atomic mass is 10.1. The number of hydrogen-bond acceptors (Lipinski definition) is 6. The maximum atomic E-state index is 12.9. The van der Waals surface area contributed by atoms with Crippen LogP contribution < -0.4 is 32.2 Å². The molecule has 1 saturated heterocycles. The van der Waals surface area contributed by atoms with Crippen LogP contribution in [0.25, 0.3) is 0 Å². The van der Waals surface area contributed by atoms with Gasteiger partial charge in [-0.05, 0) is 42.3 Å². The molecule has 2 aromatic carbocycles. The molecule has 1 aliphatic rings. The Labute approximate surface area is 205 Å². The molecule has 10 nitrogen and oxygen atoms in total. The molecule has 1 fully saturated rings. The number of urea groups is 1. The van der Waals surface area contributed by atoms with Gasteiger partial charge in [-0.1, -0.05) is 6.07 Å². The van der Waals surface area contributed by atoms with E-state index >= 15 is 0 Å². The van der Waals surface area contributed by atoms with Gasteiger partial charge in [-0.2, -0.15) is 13.2 Å². The van der Waals surface area contributed by atoms with Crippen LogP contribution >= 0.6 is 0 Å². The average molecular weight is 509 g/mol. The number of halogens is 3. The largest absolute Gasteiger partial charge is 0.495 e. The molecule has 0 saturated carbocycles. The minimum atomic E-state index is -4.62. The van der Waals surface area contributed by atoms with E-state index in [0.717, 1.165) is 17.7 Å². The molecule has 0 aliphatic carbocycles. The maximum absolute atomic E-state index is 12.9. The Morgan fingerprint density at radius 3 is 2.58 bits per heavy atom. The van der Waals surface area contributed by atoms with Crippen molar-refractivity contribution < 1.29 is 32.3 Å². The molecule has 0 aromatic heterocycles. The van der Waals surface area contributed by atoms with Crippen molar-refractivity contribution in [3.8, 4) is 5.75 Å². The molecule has 4 amide bonds. The van der Waals surface area contributed by atoms with Gasteiger partial charge in [0, 0.05) is 31.4 Å². The van der Waals surface area contributed by atoms with Gasteiger partial charge in [0.15, 0.2) is 0 Å². The molecular weight excluding hydrogens is 481 g/mol. The summed E-state index contributed by atoms with van der Waals surface area (Å²) in [7, 11) is 1.48. The predicted octanol–water partition coefficient (Wildman–Crippen LogP) is 1.91. The highest BCUT2D eigenvalue weighted by Crippen LogP contribution is 2.31. The second-order valence-electron chi connectivity index (χ2n) is 8.29. The fourth-order valence-corrected chi connectivity index (χ4v) is 3.90. The van der Waals surface area contributed by atoms with Gasteiger partial charge in [-0.25, -0.2) is 4.79 Å². The molecular formula is C23H27F3N6O4. The van der Waals surface area contributed by atoms with E-state index in [4.69, 9.17) is 16.2 Å². The van der Waals surface area contributed by atoms with Crippen molar-refractivity contribution in [2.75, 3.05) is 37.8 Å². The third-order valence-corrected chi connectivity index (χ3v) is 5.60. The quantitative estimate of drug-likeness (QED) is 0.344. The average Bonchev–Trinajstić information content (AvgIpc) is 3.23. The third kappa shape index (κ3) is 7.01. The lowest BCUT2D eigenvalue weighted by molar-refractivity contribution is -0.137. The highest BCUT2D eigenvalue weighted by Gasteiger charge is 2.31. The number of carbonyl (C=O) groups excluding carboxylic acids is 3. The first-order valence-corrected chi connectivity index (χ1v) is 11.0. The number of likely N-dealkylation sites (tertiary alicyclic amines) is 1. The molecule has 7 N–H and O–H groups in total. The van der Waals surface area contributed by atoms with Gasteiger partial charge in [-0.3, -0.25) is 14.5 Å². The summed E-state index contributed by atoms with van der Waals surface area (Å²) in [5.41, 5.74) is 10.7. The summed E-state index contributed by atoms with van der Waals surface area (Å²) >= 11 is 0. The van der Waals surface area contributed by atoms with E-state index in [9.17, 15) is 27.6 Å². The number of methoxy groups -OCH3 is 1. The number of benzene rings is 2. The summed E-state index contributed by atoms with van der Waals surface area (Å²) in [5.74, 6) is -0.877. The van der Waals surface area contributed by atoms with Crippen LogP contribution in [0.2, 0.25) is 0 Å². The number of ether oxygens (including phenoxy) is 1. The van der Waals surface area contributed by atoms with E-state index in [0.29, 0.717) is 43.6 Å². The number of alkyl halides is 3. The molecule has 13 heteroatoms. The number of primary amides is 1. The topological polar surface area (TPSA) is 152 Å². The Balaban J connectivity index is 1.50. The monoisotopic (exact) mass is 508 g/mol. The van der Waals surface area contributed by atoms with Crippen LogP contribution in [0, 0.1) is 0 Å². The number of amides is 4. The first kappa shape index (κ1) is 26.6. The van der Waals surface area contributed by atoms with Crippen molar-refractivity contribution in [2.24, 2.45) is 5.73 Å². The molecule has 0 bridgehead atoms. The molecule has 194 valence electrons. The Bertz CT molecular complexity index is 1140. The van der Waals surface area contributed by atoms with Crippen LogP contribution in [0.15, 0.2) is 36.4 Å². The second kappa shape index (κ2) is 11.2. The fourth-order valence-electron chi connectivity index (χ4n) is 3.90. The van der Waals surface area contributed by atoms with E-state index in [1.165, 1.54) is 7.11 Å². The zero-order valence-electron chi connectivity index (χ0n) is 19.4. The van der Waals surface area contributed by atoms with Crippen LogP contribution in [0.1, 0.15) is 27.9 Å². The van der Waals surface area contributed by atoms with Crippen LogP contribution in [-0.2, 0) is 17.5 Å². The first-order chi connectivity index (χ1) is 17.0. The normalized spacial score (nSPS) is 15.8. The zero-order chi connectivity index (χ0) is 26.5. The van der Waals surface area contributed by atoms with Crippen molar-refractivity contribution in [3.05, 3.63) is 53.1 Å². The van der Waals surface area contributed by atoms with Crippen LogP contribution in [0.5, 0.6) is 5.75 Å². The minimum absolute atomic E-state index is 0.125. The first-order valence-electron chi connectivity index (χ1n) is 11.0. The summed E-state index contributed by atoms with van der Waals surface area (Å²) in [6.07, 6.45) is -3.96. The molecule has 36 heavy (non-hydrogen) atoms. The van der Waals surface area contributed by atoms with Gasteiger partial charge in [0.25, 0.3) is 5.91 Å². The van der Waals surface area contributed by atoms with E-state index < -0.39 is 36.1 Å². The van der Waals surface area contributed by atoms with Crippen molar-refractivity contribution in [3.63, 3.8) is 0 Å². The SMILES string of the molecule is COc1ccc(CN2CC[C@@H](NC(=O)CNC(=O)c3cc(C(F)(F)F)ccc3N)C2)cc1NC(N)=O. The Morgan fingerprint density at radius 1 is 1.17 bits per heavy atom. The summed E-state index contributed by atoms with van der Waals surface area (Å²) in [6, 6.07) is 6.88. The van der Waals surface area contributed by atoms with E-state index in [1.807, 2.05) is 6.07 Å². The smallest absolute Gasteiger partial charge is 0.416 e. The van der Waals surface area contributed by atoms with E-state index in [1.54, 1.807) is 12.1 Å². The number of anilines is 2. The molecule has 0 radical (unpaired) electrons. The Morgan fingerprint density at radius 2 is 1.92 bits per heavy atom. The molecule has 1 heterocycles. The number of nitrogens with two attached hydrogens (primary N) is 2. The maximum Gasteiger partial charge on any atom is 0.416 e. The molecule has 0 unspecified atom stereocenters. The zero-order valence-corrected chi connectivity index (χ0v) is 19.4. The van der Waals surface area contributed by atoms with Crippen molar-refractivity contribution in [2.45, 2.75) is 25.2 Å². The van der Waals surface area contributed by atoms with Gasteiger partial charge in [0.05, 0.1) is 30.5 Å². The lowest BCUT2D eigenvalue weighted by Gasteiger charge is -2.18. The summed E-state index contributed by atoms with van der Waals surface area (Å²) < 4.78 is 43.9. The predicted molar refractivity (Wildman–Crippen MR) is 126 cm³/mol. The Hall–Kier alpha value is -4.00. The van der Waals surface area contributed by atoms with Crippen molar-refractivity contribution in [1.29, 1.82) is 0 Å². The summed E-state index contributed by atoms with van der Waals surface area (Å²) in [6.45, 7) is 1.38. The minimum Gasteiger partial charge on any atom is -0.495 e. The van der Waals surface area contributed by atoms with Gasteiger partial charge in [-0.15, -0.1) is 0 Å². The number of rotatable bonds is 8. The van der Waals surface area contributed by atoms with Crippen LogP contribution in [0.3, 0.4) is 0 Å². The third-order valence-electron chi connectivity index (χ3n) is 5.60. The second-order valence-corrected chi connectivity index (χ2v) is 8.29. The van der Waals surface area contributed by atoms with Gasteiger partial charge < -0.3 is 32.2 Å². The molecule has 1 atom stereocenters. The number of nitrogen functional groups attached to an aromatic ring is 1. The number of nitrogens with one attached hydrogen (secondary N) is 3. The molecule has 2 aromatic rings. The molecule has 1 aliphatic heterocycles. The molecule has 3 rings (SSSR count). The summed E-state index contributed by atoms with van der Waals surface area (Å²) in [5, 5.41) is 7.63. The van der Waals surface area contributed by atoms with Crippen LogP contribution in [-0.4, -0.2) is 55.5 Å². The number of hydrogen-bond donors (Lipinski definition) is 5. The standard InChI is InChI=1S/C23H27F3N6O4/c1-36-19-5-2-13(8-18(19)31-22(28)35)11-32-7-6-15(12-32)30-20(33)10-29-21(34)16-9-14(23(24,25)26)3-4-17(16)27/h2-5,8-9,15H,6-7,10-12,27H2,1H3,(H,29,34)(H,30,33)(H3,28,31,35)/t15-/m1/s1. The van der Waals surface area contributed by atoms with E-state index in [-0.39, 0.29) is 17.3 Å². The molecule has 0 spiro atoms.